The Bertz CT molecular complexity index is 851. The molecule has 0 spiro atoms. The van der Waals surface area contributed by atoms with Crippen molar-refractivity contribution in [2.45, 2.75) is 57.1 Å². The van der Waals surface area contributed by atoms with Crippen molar-refractivity contribution in [2.24, 2.45) is 0 Å². The Balaban J connectivity index is 1.68. The zero-order valence-electron chi connectivity index (χ0n) is 15.9. The molecule has 1 amide bonds. The highest BCUT2D eigenvalue weighted by Gasteiger charge is 2.27. The second kappa shape index (κ2) is 8.02. The van der Waals surface area contributed by atoms with Gasteiger partial charge in [0.1, 0.15) is 5.00 Å². The molecule has 0 aliphatic heterocycles. The first-order chi connectivity index (χ1) is 12.8. The fourth-order valence-corrected chi connectivity index (χ4v) is 4.69. The first-order valence-corrected chi connectivity index (χ1v) is 10.6. The number of thiophene rings is 1. The van der Waals surface area contributed by atoms with E-state index in [-0.39, 0.29) is 17.1 Å². The lowest BCUT2D eigenvalue weighted by molar-refractivity contribution is -0.113. The molecule has 0 atom stereocenters. The summed E-state index contributed by atoms with van der Waals surface area (Å²) in [6.07, 6.45) is 3.93. The van der Waals surface area contributed by atoms with Crippen LogP contribution in [-0.2, 0) is 27.8 Å². The number of thioether (sulfide) groups is 1. The van der Waals surface area contributed by atoms with Crippen LogP contribution >= 0.6 is 23.1 Å². The van der Waals surface area contributed by atoms with Crippen LogP contribution in [0.5, 0.6) is 0 Å². The van der Waals surface area contributed by atoms with Gasteiger partial charge in [-0.3, -0.25) is 4.79 Å². The third-order valence-electron chi connectivity index (χ3n) is 4.19. The molecule has 27 heavy (non-hydrogen) atoms. The lowest BCUT2D eigenvalue weighted by atomic mass is 9.95. The average Bonchev–Trinajstić information content (AvgIpc) is 3.23. The van der Waals surface area contributed by atoms with Crippen molar-refractivity contribution in [1.82, 2.24) is 10.2 Å². The first kappa shape index (κ1) is 19.9. The monoisotopic (exact) mass is 409 g/mol. The fraction of sp³-hybridized carbons (Fsp3) is 0.556. The van der Waals surface area contributed by atoms with Gasteiger partial charge < -0.3 is 14.5 Å². The topological polar surface area (TPSA) is 94.3 Å². The second-order valence-corrected chi connectivity index (χ2v) is 9.40. The van der Waals surface area contributed by atoms with Crippen LogP contribution in [0.3, 0.4) is 0 Å². The summed E-state index contributed by atoms with van der Waals surface area (Å²) in [7, 11) is 1.36. The number of hydrogen-bond donors (Lipinski definition) is 1. The Morgan fingerprint density at radius 3 is 2.67 bits per heavy atom. The average molecular weight is 410 g/mol. The molecule has 1 aliphatic carbocycles. The van der Waals surface area contributed by atoms with E-state index in [2.05, 4.69) is 15.5 Å². The van der Waals surface area contributed by atoms with E-state index in [1.807, 2.05) is 20.8 Å². The standard InChI is InChI=1S/C18H23N3O4S2/c1-18(2,3)16-20-21-17(25-16)26-9-12(22)19-14-13(15(23)24-4)10-7-5-6-8-11(10)27-14/h5-9H2,1-4H3,(H,19,22). The minimum absolute atomic E-state index is 0.120. The van der Waals surface area contributed by atoms with E-state index in [1.165, 1.54) is 30.2 Å². The molecule has 1 aliphatic rings. The molecule has 0 radical (unpaired) electrons. The molecule has 0 unspecified atom stereocenters. The summed E-state index contributed by atoms with van der Waals surface area (Å²) in [6.45, 7) is 5.94. The number of amides is 1. The van der Waals surface area contributed by atoms with Crippen molar-refractivity contribution >= 4 is 40.0 Å². The van der Waals surface area contributed by atoms with Crippen molar-refractivity contribution in [1.29, 1.82) is 0 Å². The number of aryl methyl sites for hydroxylation is 1. The molecular formula is C18H23N3O4S2. The predicted molar refractivity (Wildman–Crippen MR) is 105 cm³/mol. The van der Waals surface area contributed by atoms with E-state index in [9.17, 15) is 9.59 Å². The Morgan fingerprint density at radius 1 is 1.26 bits per heavy atom. The van der Waals surface area contributed by atoms with Gasteiger partial charge >= 0.3 is 5.97 Å². The molecule has 0 bridgehead atoms. The molecule has 1 N–H and O–H groups in total. The van der Waals surface area contributed by atoms with Crippen molar-refractivity contribution < 1.29 is 18.7 Å². The van der Waals surface area contributed by atoms with Gasteiger partial charge in [-0.05, 0) is 31.2 Å². The van der Waals surface area contributed by atoms with Gasteiger partial charge in [-0.15, -0.1) is 21.5 Å². The van der Waals surface area contributed by atoms with Crippen molar-refractivity contribution in [2.75, 3.05) is 18.2 Å². The molecule has 3 rings (SSSR count). The maximum Gasteiger partial charge on any atom is 0.341 e. The molecule has 0 saturated heterocycles. The van der Waals surface area contributed by atoms with Crippen molar-refractivity contribution in [3.63, 3.8) is 0 Å². The maximum atomic E-state index is 12.4. The van der Waals surface area contributed by atoms with Gasteiger partial charge in [0.05, 0.1) is 18.4 Å². The van der Waals surface area contributed by atoms with Gasteiger partial charge in [0, 0.05) is 10.3 Å². The van der Waals surface area contributed by atoms with Crippen LogP contribution in [0.1, 0.15) is 60.3 Å². The Morgan fingerprint density at radius 2 is 2.00 bits per heavy atom. The summed E-state index contributed by atoms with van der Waals surface area (Å²) in [5.41, 5.74) is 1.29. The van der Waals surface area contributed by atoms with E-state index in [0.717, 1.165) is 36.1 Å². The zero-order chi connectivity index (χ0) is 19.6. The Labute approximate surface area is 166 Å². The molecule has 2 aromatic heterocycles. The van der Waals surface area contributed by atoms with Crippen LogP contribution in [0.2, 0.25) is 0 Å². The van der Waals surface area contributed by atoms with Crippen molar-refractivity contribution in [3.8, 4) is 0 Å². The quantitative estimate of drug-likeness (QED) is 0.592. The van der Waals surface area contributed by atoms with Gasteiger partial charge in [0.2, 0.25) is 11.8 Å². The third kappa shape index (κ3) is 4.52. The van der Waals surface area contributed by atoms with Gasteiger partial charge in [0.25, 0.3) is 5.22 Å². The number of methoxy groups -OCH3 is 1. The van der Waals surface area contributed by atoms with E-state index in [4.69, 9.17) is 9.15 Å². The van der Waals surface area contributed by atoms with Crippen LogP contribution in [0.25, 0.3) is 0 Å². The zero-order valence-corrected chi connectivity index (χ0v) is 17.5. The molecule has 0 saturated carbocycles. The predicted octanol–water partition coefficient (Wildman–Crippen LogP) is 3.82. The van der Waals surface area contributed by atoms with Crippen LogP contribution in [0, 0.1) is 0 Å². The van der Waals surface area contributed by atoms with Crippen LogP contribution in [-0.4, -0.2) is 34.9 Å². The molecule has 2 aromatic rings. The first-order valence-electron chi connectivity index (χ1n) is 8.79. The van der Waals surface area contributed by atoms with Gasteiger partial charge in [-0.1, -0.05) is 32.5 Å². The maximum absolute atomic E-state index is 12.4. The van der Waals surface area contributed by atoms with E-state index >= 15 is 0 Å². The molecule has 0 aromatic carbocycles. The molecular weight excluding hydrogens is 386 g/mol. The number of aromatic nitrogens is 2. The van der Waals surface area contributed by atoms with Crippen LogP contribution in [0.15, 0.2) is 9.64 Å². The number of esters is 1. The molecule has 7 nitrogen and oxygen atoms in total. The van der Waals surface area contributed by atoms with Gasteiger partial charge in [0.15, 0.2) is 0 Å². The van der Waals surface area contributed by atoms with Crippen LogP contribution < -0.4 is 5.32 Å². The van der Waals surface area contributed by atoms with Crippen molar-refractivity contribution in [3.05, 3.63) is 21.9 Å². The lowest BCUT2D eigenvalue weighted by Gasteiger charge is -2.11. The highest BCUT2D eigenvalue weighted by Crippen LogP contribution is 2.38. The number of ether oxygens (including phenoxy) is 1. The summed E-state index contributed by atoms with van der Waals surface area (Å²) in [4.78, 5) is 25.8. The Hall–Kier alpha value is -1.87. The SMILES string of the molecule is COC(=O)c1c(NC(=O)CSc2nnc(C(C)(C)C)o2)sc2c1CCCC2. The Kier molecular flexibility index (Phi) is 5.90. The largest absolute Gasteiger partial charge is 0.465 e. The minimum atomic E-state index is -0.399. The van der Waals surface area contributed by atoms with Gasteiger partial charge in [-0.25, -0.2) is 4.79 Å². The normalized spacial score (nSPS) is 13.9. The van der Waals surface area contributed by atoms with E-state index in [0.29, 0.717) is 21.7 Å². The summed E-state index contributed by atoms with van der Waals surface area (Å²) in [5, 5.41) is 11.8. The third-order valence-corrected chi connectivity index (χ3v) is 6.21. The summed E-state index contributed by atoms with van der Waals surface area (Å²) in [5.74, 6) is 0.0299. The number of fused-ring (bicyclic) bond motifs is 1. The highest BCUT2D eigenvalue weighted by molar-refractivity contribution is 7.99. The number of carbonyl (C=O) groups excluding carboxylic acids is 2. The molecule has 2 heterocycles. The molecule has 146 valence electrons. The number of carbonyl (C=O) groups is 2. The number of nitrogens with zero attached hydrogens (tertiary/aromatic N) is 2. The molecule has 9 heteroatoms. The van der Waals surface area contributed by atoms with E-state index in [1.54, 1.807) is 0 Å². The highest BCUT2D eigenvalue weighted by atomic mass is 32.2. The summed E-state index contributed by atoms with van der Waals surface area (Å²) in [6, 6.07) is 0. The summed E-state index contributed by atoms with van der Waals surface area (Å²) < 4.78 is 10.5. The number of nitrogens with one attached hydrogen (secondary N) is 1. The molecule has 0 fully saturated rings. The fourth-order valence-electron chi connectivity index (χ4n) is 2.83. The second-order valence-electron chi connectivity index (χ2n) is 7.37. The number of hydrogen-bond acceptors (Lipinski definition) is 8. The van der Waals surface area contributed by atoms with Gasteiger partial charge in [-0.2, -0.15) is 0 Å². The minimum Gasteiger partial charge on any atom is -0.465 e. The van der Waals surface area contributed by atoms with Crippen LogP contribution in [0.4, 0.5) is 5.00 Å². The smallest absolute Gasteiger partial charge is 0.341 e. The van der Waals surface area contributed by atoms with E-state index < -0.39 is 5.97 Å². The number of anilines is 1. The lowest BCUT2D eigenvalue weighted by Crippen LogP contribution is -2.16. The summed E-state index contributed by atoms with van der Waals surface area (Å²) >= 11 is 2.65. The number of rotatable bonds is 5.